The minimum Gasteiger partial charge on any atom is -0.313 e. The number of tetrazole rings is 1. The Morgan fingerprint density at radius 1 is 1.12 bits per heavy atom. The summed E-state index contributed by atoms with van der Waals surface area (Å²) < 4.78 is 1.73. The Morgan fingerprint density at radius 2 is 1.88 bits per heavy atom. The summed E-state index contributed by atoms with van der Waals surface area (Å²) in [4.78, 5) is 10.2. The number of nitrogens with one attached hydrogen (secondary N) is 1. The van der Waals surface area contributed by atoms with Crippen molar-refractivity contribution in [3.8, 4) is 5.69 Å². The predicted molar refractivity (Wildman–Crippen MR) is 99.3 cm³/mol. The van der Waals surface area contributed by atoms with Gasteiger partial charge in [-0.05, 0) is 41.1 Å². The first-order valence-electron chi connectivity index (χ1n) is 8.15. The third kappa shape index (κ3) is 4.87. The van der Waals surface area contributed by atoms with Crippen LogP contribution in [-0.4, -0.2) is 37.4 Å². The molecule has 0 unspecified atom stereocenters. The zero-order chi connectivity index (χ0) is 18.2. The number of aromatic nitrogens is 4. The number of para-hydroxylation sites is 1. The van der Waals surface area contributed by atoms with Crippen LogP contribution in [0, 0.1) is 10.1 Å². The van der Waals surface area contributed by atoms with Crippen molar-refractivity contribution in [1.82, 2.24) is 25.5 Å². The molecule has 9 heteroatoms. The van der Waals surface area contributed by atoms with Crippen LogP contribution < -0.4 is 5.32 Å². The van der Waals surface area contributed by atoms with E-state index in [1.165, 1.54) is 12.1 Å². The summed E-state index contributed by atoms with van der Waals surface area (Å²) in [6, 6.07) is 16.4. The van der Waals surface area contributed by atoms with Crippen molar-refractivity contribution < 1.29 is 4.92 Å². The van der Waals surface area contributed by atoms with E-state index in [4.69, 9.17) is 0 Å². The van der Waals surface area contributed by atoms with Gasteiger partial charge in [0.25, 0.3) is 5.69 Å². The largest absolute Gasteiger partial charge is 0.313 e. The SMILES string of the molecule is O=[N+]([O-])c1ccc(CNCCCSc2nnnn2-c2ccccc2)cc1. The summed E-state index contributed by atoms with van der Waals surface area (Å²) in [7, 11) is 0. The molecule has 0 bridgehead atoms. The topological polar surface area (TPSA) is 98.8 Å². The Hall–Kier alpha value is -2.78. The van der Waals surface area contributed by atoms with Gasteiger partial charge in [0.2, 0.25) is 5.16 Å². The Bertz CT molecular complexity index is 838. The van der Waals surface area contributed by atoms with E-state index in [1.807, 2.05) is 30.3 Å². The van der Waals surface area contributed by atoms with Crippen molar-refractivity contribution >= 4 is 17.4 Å². The average molecular weight is 370 g/mol. The van der Waals surface area contributed by atoms with Crippen molar-refractivity contribution in [1.29, 1.82) is 0 Å². The first kappa shape index (κ1) is 18.0. The highest BCUT2D eigenvalue weighted by Gasteiger charge is 2.08. The summed E-state index contributed by atoms with van der Waals surface area (Å²) in [6.45, 7) is 1.53. The van der Waals surface area contributed by atoms with E-state index in [9.17, 15) is 10.1 Å². The monoisotopic (exact) mass is 370 g/mol. The van der Waals surface area contributed by atoms with Crippen LogP contribution in [0.4, 0.5) is 5.69 Å². The molecule has 2 aromatic carbocycles. The molecule has 0 spiro atoms. The molecule has 134 valence electrons. The molecule has 0 atom stereocenters. The minimum absolute atomic E-state index is 0.112. The Morgan fingerprint density at radius 3 is 2.62 bits per heavy atom. The van der Waals surface area contributed by atoms with Gasteiger partial charge in [-0.2, -0.15) is 4.68 Å². The van der Waals surface area contributed by atoms with Gasteiger partial charge in [0.05, 0.1) is 10.6 Å². The molecular formula is C17H18N6O2S. The molecular weight excluding hydrogens is 352 g/mol. The Balaban J connectivity index is 1.39. The van der Waals surface area contributed by atoms with Crippen molar-refractivity contribution in [2.24, 2.45) is 0 Å². The molecule has 0 aliphatic heterocycles. The fraction of sp³-hybridized carbons (Fsp3) is 0.235. The number of hydrogen-bond acceptors (Lipinski definition) is 7. The Kier molecular flexibility index (Phi) is 6.29. The standard InChI is InChI=1S/C17H18N6O2S/c24-23(25)16-9-7-14(8-10-16)13-18-11-4-12-26-17-19-20-21-22(17)15-5-2-1-3-6-15/h1-3,5-10,18H,4,11-13H2. The van der Waals surface area contributed by atoms with Gasteiger partial charge < -0.3 is 5.32 Å². The van der Waals surface area contributed by atoms with Gasteiger partial charge in [0, 0.05) is 24.4 Å². The van der Waals surface area contributed by atoms with Crippen LogP contribution in [-0.2, 0) is 6.54 Å². The van der Waals surface area contributed by atoms with Gasteiger partial charge in [-0.3, -0.25) is 10.1 Å². The van der Waals surface area contributed by atoms with Gasteiger partial charge in [-0.15, -0.1) is 5.10 Å². The highest BCUT2D eigenvalue weighted by molar-refractivity contribution is 7.99. The van der Waals surface area contributed by atoms with E-state index in [-0.39, 0.29) is 5.69 Å². The lowest BCUT2D eigenvalue weighted by Gasteiger charge is -2.06. The van der Waals surface area contributed by atoms with Gasteiger partial charge >= 0.3 is 0 Å². The molecule has 3 rings (SSSR count). The van der Waals surface area contributed by atoms with Crippen LogP contribution in [0.25, 0.3) is 5.69 Å². The minimum atomic E-state index is -0.391. The van der Waals surface area contributed by atoms with E-state index >= 15 is 0 Å². The maximum absolute atomic E-state index is 10.6. The number of thioether (sulfide) groups is 1. The summed E-state index contributed by atoms with van der Waals surface area (Å²) in [5, 5.41) is 26.6. The fourth-order valence-corrected chi connectivity index (χ4v) is 3.16. The lowest BCUT2D eigenvalue weighted by Crippen LogP contribution is -2.15. The van der Waals surface area contributed by atoms with E-state index in [0.717, 1.165) is 35.1 Å². The van der Waals surface area contributed by atoms with Crippen LogP contribution in [0.3, 0.4) is 0 Å². The van der Waals surface area contributed by atoms with E-state index < -0.39 is 4.92 Å². The number of rotatable bonds is 9. The van der Waals surface area contributed by atoms with Crippen LogP contribution in [0.5, 0.6) is 0 Å². The molecule has 0 radical (unpaired) electrons. The zero-order valence-electron chi connectivity index (χ0n) is 14.0. The number of nitro benzene ring substituents is 1. The normalized spacial score (nSPS) is 10.8. The molecule has 0 aliphatic carbocycles. The summed E-state index contributed by atoms with van der Waals surface area (Å²) in [5.41, 5.74) is 2.08. The van der Waals surface area contributed by atoms with Crippen LogP contribution in [0.15, 0.2) is 59.8 Å². The molecule has 3 aromatic rings. The number of benzene rings is 2. The van der Waals surface area contributed by atoms with E-state index in [2.05, 4.69) is 20.8 Å². The smallest absolute Gasteiger partial charge is 0.269 e. The number of nitro groups is 1. The second-order valence-electron chi connectivity index (χ2n) is 5.51. The lowest BCUT2D eigenvalue weighted by atomic mass is 10.2. The molecule has 0 saturated carbocycles. The second-order valence-corrected chi connectivity index (χ2v) is 6.57. The fourth-order valence-electron chi connectivity index (χ4n) is 2.33. The van der Waals surface area contributed by atoms with Gasteiger partial charge in [0.15, 0.2) is 0 Å². The lowest BCUT2D eigenvalue weighted by molar-refractivity contribution is -0.384. The van der Waals surface area contributed by atoms with Gasteiger partial charge in [-0.25, -0.2) is 0 Å². The van der Waals surface area contributed by atoms with E-state index in [0.29, 0.717) is 6.54 Å². The first-order valence-corrected chi connectivity index (χ1v) is 9.13. The van der Waals surface area contributed by atoms with Gasteiger partial charge in [-0.1, -0.05) is 42.1 Å². The van der Waals surface area contributed by atoms with Crippen molar-refractivity contribution in [2.45, 2.75) is 18.1 Å². The molecule has 0 fully saturated rings. The maximum Gasteiger partial charge on any atom is 0.269 e. The highest BCUT2D eigenvalue weighted by atomic mass is 32.2. The molecule has 0 aliphatic rings. The molecule has 0 amide bonds. The van der Waals surface area contributed by atoms with Crippen LogP contribution in [0.2, 0.25) is 0 Å². The number of nitrogens with zero attached hydrogens (tertiary/aromatic N) is 5. The van der Waals surface area contributed by atoms with Crippen molar-refractivity contribution in [2.75, 3.05) is 12.3 Å². The zero-order valence-corrected chi connectivity index (χ0v) is 14.8. The van der Waals surface area contributed by atoms with Gasteiger partial charge in [0.1, 0.15) is 0 Å². The Labute approximate surface area is 154 Å². The molecule has 1 aromatic heterocycles. The maximum atomic E-state index is 10.6. The third-order valence-corrected chi connectivity index (χ3v) is 4.65. The van der Waals surface area contributed by atoms with E-state index in [1.54, 1.807) is 28.6 Å². The highest BCUT2D eigenvalue weighted by Crippen LogP contribution is 2.18. The third-order valence-electron chi connectivity index (χ3n) is 3.65. The molecule has 8 nitrogen and oxygen atoms in total. The second kappa shape index (κ2) is 9.07. The van der Waals surface area contributed by atoms with Crippen LogP contribution in [0.1, 0.15) is 12.0 Å². The molecule has 26 heavy (non-hydrogen) atoms. The first-order chi connectivity index (χ1) is 12.7. The summed E-state index contributed by atoms with van der Waals surface area (Å²) in [6.07, 6.45) is 0.958. The number of hydrogen-bond donors (Lipinski definition) is 1. The van der Waals surface area contributed by atoms with Crippen molar-refractivity contribution in [3.63, 3.8) is 0 Å². The quantitative estimate of drug-likeness (QED) is 0.268. The summed E-state index contributed by atoms with van der Waals surface area (Å²) in [5.74, 6) is 0.889. The molecule has 1 N–H and O–H groups in total. The number of non-ortho nitro benzene ring substituents is 1. The summed E-state index contributed by atoms with van der Waals surface area (Å²) >= 11 is 1.61. The predicted octanol–water partition coefficient (Wildman–Crippen LogP) is 2.84. The van der Waals surface area contributed by atoms with Crippen LogP contribution >= 0.6 is 11.8 Å². The van der Waals surface area contributed by atoms with Crippen molar-refractivity contribution in [3.05, 3.63) is 70.3 Å². The average Bonchev–Trinajstić information content (AvgIpc) is 3.14. The molecule has 1 heterocycles. The molecule has 0 saturated heterocycles.